The third-order valence-corrected chi connectivity index (χ3v) is 3.58. The molecule has 0 spiro atoms. The van der Waals surface area contributed by atoms with Crippen molar-refractivity contribution in [2.24, 2.45) is 0 Å². The van der Waals surface area contributed by atoms with Gasteiger partial charge in [0.15, 0.2) is 0 Å². The molecule has 0 aliphatic carbocycles. The van der Waals surface area contributed by atoms with Crippen LogP contribution in [-0.2, 0) is 6.42 Å². The van der Waals surface area contributed by atoms with Crippen molar-refractivity contribution >= 4 is 33.3 Å². The quantitative estimate of drug-likeness (QED) is 0.824. The van der Waals surface area contributed by atoms with Gasteiger partial charge in [-0.1, -0.05) is 6.92 Å². The number of rotatable bonds is 6. The fraction of sp³-hybridized carbons (Fsp3) is 0.333. The van der Waals surface area contributed by atoms with Crippen molar-refractivity contribution in [3.05, 3.63) is 34.6 Å². The van der Waals surface area contributed by atoms with Gasteiger partial charge in [0.05, 0.1) is 11.6 Å². The summed E-state index contributed by atoms with van der Waals surface area (Å²) in [5.74, 6) is 3.18. The minimum absolute atomic E-state index is 0.766. The number of nitrogens with one attached hydrogen (secondary N) is 2. The normalized spacial score (nSPS) is 10.3. The number of nitrogens with zero attached hydrogens (tertiary/aromatic N) is 2. The minimum Gasteiger partial charge on any atom is -0.495 e. The Kier molecular flexibility index (Phi) is 5.38. The van der Waals surface area contributed by atoms with E-state index in [-0.39, 0.29) is 0 Å². The zero-order valence-corrected chi connectivity index (χ0v) is 14.0. The van der Waals surface area contributed by atoms with Crippen molar-refractivity contribution in [3.8, 4) is 5.75 Å². The van der Waals surface area contributed by atoms with Crippen LogP contribution in [0.3, 0.4) is 0 Å². The first-order valence-electron chi connectivity index (χ1n) is 6.82. The van der Waals surface area contributed by atoms with Crippen LogP contribution in [0.4, 0.5) is 17.3 Å². The molecule has 1 aromatic carbocycles. The molecule has 0 fully saturated rings. The SMILES string of the molecule is CCCc1nc(NC)cc(Nc2ccc(Br)c(OC)c2)n1. The van der Waals surface area contributed by atoms with Crippen molar-refractivity contribution < 1.29 is 4.74 Å². The van der Waals surface area contributed by atoms with Crippen LogP contribution >= 0.6 is 15.9 Å². The second-order valence-electron chi connectivity index (χ2n) is 4.53. The molecule has 2 rings (SSSR count). The van der Waals surface area contributed by atoms with Gasteiger partial charge in [-0.15, -0.1) is 0 Å². The van der Waals surface area contributed by atoms with Crippen molar-refractivity contribution in [3.63, 3.8) is 0 Å². The predicted octanol–water partition coefficient (Wildman–Crippen LogP) is 3.99. The van der Waals surface area contributed by atoms with Crippen molar-refractivity contribution in [1.82, 2.24) is 9.97 Å². The smallest absolute Gasteiger partial charge is 0.136 e. The molecular weight excluding hydrogens is 332 g/mol. The summed E-state index contributed by atoms with van der Waals surface area (Å²) in [6.45, 7) is 2.11. The molecule has 21 heavy (non-hydrogen) atoms. The second kappa shape index (κ2) is 7.26. The molecule has 0 unspecified atom stereocenters. The van der Waals surface area contributed by atoms with Gasteiger partial charge < -0.3 is 15.4 Å². The Morgan fingerprint density at radius 2 is 1.95 bits per heavy atom. The highest BCUT2D eigenvalue weighted by Gasteiger charge is 2.06. The molecule has 6 heteroatoms. The maximum absolute atomic E-state index is 5.30. The first-order chi connectivity index (χ1) is 10.2. The second-order valence-corrected chi connectivity index (χ2v) is 5.38. The summed E-state index contributed by atoms with van der Waals surface area (Å²) < 4.78 is 6.22. The Morgan fingerprint density at radius 3 is 2.62 bits per heavy atom. The Labute approximate surface area is 133 Å². The Balaban J connectivity index is 2.27. The van der Waals surface area contributed by atoms with Crippen molar-refractivity contribution in [2.75, 3.05) is 24.8 Å². The summed E-state index contributed by atoms with van der Waals surface area (Å²) in [6.07, 6.45) is 1.87. The number of aromatic nitrogens is 2. The first kappa shape index (κ1) is 15.6. The summed E-state index contributed by atoms with van der Waals surface area (Å²) in [7, 11) is 3.50. The molecule has 1 heterocycles. The number of hydrogen-bond acceptors (Lipinski definition) is 5. The molecule has 0 radical (unpaired) electrons. The number of anilines is 3. The standard InChI is InChI=1S/C15H19BrN4O/c1-4-5-13-19-14(17-2)9-15(20-13)18-10-6-7-11(16)12(8-10)21-3/h6-9H,4-5H2,1-3H3,(H2,17,18,19,20). The van der Waals surface area contributed by atoms with Gasteiger partial charge in [-0.05, 0) is 34.5 Å². The lowest BCUT2D eigenvalue weighted by atomic mass is 10.3. The van der Waals surface area contributed by atoms with Gasteiger partial charge in [0.1, 0.15) is 23.2 Å². The van der Waals surface area contributed by atoms with E-state index in [9.17, 15) is 0 Å². The maximum atomic E-state index is 5.30. The predicted molar refractivity (Wildman–Crippen MR) is 89.6 cm³/mol. The zero-order valence-electron chi connectivity index (χ0n) is 12.4. The number of methoxy groups -OCH3 is 1. The topological polar surface area (TPSA) is 59.1 Å². The van der Waals surface area contributed by atoms with Crippen LogP contribution < -0.4 is 15.4 Å². The fourth-order valence-corrected chi connectivity index (χ4v) is 2.32. The van der Waals surface area contributed by atoms with E-state index in [0.717, 1.165) is 46.2 Å². The monoisotopic (exact) mass is 350 g/mol. The molecular formula is C15H19BrN4O. The van der Waals surface area contributed by atoms with Gasteiger partial charge in [0.2, 0.25) is 0 Å². The lowest BCUT2D eigenvalue weighted by molar-refractivity contribution is 0.412. The Morgan fingerprint density at radius 1 is 1.19 bits per heavy atom. The third kappa shape index (κ3) is 4.07. The van der Waals surface area contributed by atoms with E-state index in [2.05, 4.69) is 43.5 Å². The van der Waals surface area contributed by atoms with Gasteiger partial charge in [-0.3, -0.25) is 0 Å². The first-order valence-corrected chi connectivity index (χ1v) is 7.61. The van der Waals surface area contributed by atoms with Crippen LogP contribution in [0.5, 0.6) is 5.75 Å². The highest BCUT2D eigenvalue weighted by atomic mass is 79.9. The third-order valence-electron chi connectivity index (χ3n) is 2.93. The van der Waals surface area contributed by atoms with Crippen LogP contribution in [0.2, 0.25) is 0 Å². The minimum atomic E-state index is 0.766. The van der Waals surface area contributed by atoms with E-state index in [4.69, 9.17) is 4.74 Å². The zero-order chi connectivity index (χ0) is 15.2. The van der Waals surface area contributed by atoms with Gasteiger partial charge in [0.25, 0.3) is 0 Å². The van der Waals surface area contributed by atoms with E-state index in [0.29, 0.717) is 0 Å². The number of aryl methyl sites for hydroxylation is 1. The molecule has 0 atom stereocenters. The molecule has 112 valence electrons. The van der Waals surface area contributed by atoms with Gasteiger partial charge in [0, 0.05) is 31.3 Å². The lowest BCUT2D eigenvalue weighted by Crippen LogP contribution is -2.04. The van der Waals surface area contributed by atoms with Crippen LogP contribution in [0.1, 0.15) is 19.2 Å². The Hall–Kier alpha value is -1.82. The summed E-state index contributed by atoms with van der Waals surface area (Å²) in [6, 6.07) is 7.71. The van der Waals surface area contributed by atoms with Crippen LogP contribution in [0.25, 0.3) is 0 Å². The average Bonchev–Trinajstić information content (AvgIpc) is 2.49. The van der Waals surface area contributed by atoms with Gasteiger partial charge in [-0.25, -0.2) is 9.97 Å². The highest BCUT2D eigenvalue weighted by molar-refractivity contribution is 9.10. The molecule has 0 saturated carbocycles. The molecule has 5 nitrogen and oxygen atoms in total. The molecule has 0 bridgehead atoms. The number of halogens is 1. The fourth-order valence-electron chi connectivity index (χ4n) is 1.91. The van der Waals surface area contributed by atoms with E-state index in [1.807, 2.05) is 31.3 Å². The van der Waals surface area contributed by atoms with E-state index in [1.54, 1.807) is 7.11 Å². The highest BCUT2D eigenvalue weighted by Crippen LogP contribution is 2.29. The van der Waals surface area contributed by atoms with E-state index >= 15 is 0 Å². The molecule has 2 N–H and O–H groups in total. The molecule has 0 amide bonds. The van der Waals surface area contributed by atoms with E-state index in [1.165, 1.54) is 0 Å². The van der Waals surface area contributed by atoms with Crippen LogP contribution in [0, 0.1) is 0 Å². The molecule has 1 aromatic heterocycles. The number of ether oxygens (including phenoxy) is 1. The lowest BCUT2D eigenvalue weighted by Gasteiger charge is -2.11. The summed E-state index contributed by atoms with van der Waals surface area (Å²) in [5.41, 5.74) is 0.915. The van der Waals surface area contributed by atoms with Gasteiger partial charge in [-0.2, -0.15) is 0 Å². The Bertz CT molecular complexity index is 619. The molecule has 2 aromatic rings. The largest absolute Gasteiger partial charge is 0.495 e. The number of hydrogen-bond donors (Lipinski definition) is 2. The molecule has 0 aliphatic rings. The van der Waals surface area contributed by atoms with Gasteiger partial charge >= 0.3 is 0 Å². The van der Waals surface area contributed by atoms with Crippen LogP contribution in [-0.4, -0.2) is 24.1 Å². The van der Waals surface area contributed by atoms with Crippen molar-refractivity contribution in [1.29, 1.82) is 0 Å². The summed E-state index contributed by atoms with van der Waals surface area (Å²) in [4.78, 5) is 8.97. The van der Waals surface area contributed by atoms with Crippen LogP contribution in [0.15, 0.2) is 28.7 Å². The summed E-state index contributed by atoms with van der Waals surface area (Å²) in [5, 5.41) is 6.35. The molecule has 0 aliphatic heterocycles. The summed E-state index contributed by atoms with van der Waals surface area (Å²) >= 11 is 3.44. The molecule has 0 saturated heterocycles. The maximum Gasteiger partial charge on any atom is 0.136 e. The van der Waals surface area contributed by atoms with E-state index < -0.39 is 0 Å². The van der Waals surface area contributed by atoms with Crippen molar-refractivity contribution in [2.45, 2.75) is 19.8 Å². The average molecular weight is 351 g/mol. The number of benzene rings is 1.